The number of aromatic nitrogens is 1. The molecule has 0 radical (unpaired) electrons. The molecule has 2 aromatic heterocycles. The Hall–Kier alpha value is -1.53. The van der Waals surface area contributed by atoms with E-state index in [0.717, 1.165) is 30.8 Å². The number of furan rings is 1. The number of hydrogen-bond acceptors (Lipinski definition) is 5. The molecule has 1 unspecified atom stereocenters. The number of carbonyl (C=O) groups excluding carboxylic acids is 1. The van der Waals surface area contributed by atoms with Crippen LogP contribution in [-0.4, -0.2) is 35.0 Å². The van der Waals surface area contributed by atoms with E-state index < -0.39 is 0 Å². The van der Waals surface area contributed by atoms with E-state index in [4.69, 9.17) is 4.42 Å². The van der Waals surface area contributed by atoms with Gasteiger partial charge in [0, 0.05) is 30.7 Å². The maximum Gasteiger partial charge on any atom is 0.271 e. The van der Waals surface area contributed by atoms with Crippen LogP contribution in [0.5, 0.6) is 0 Å². The van der Waals surface area contributed by atoms with Crippen molar-refractivity contribution >= 4 is 29.5 Å². The Kier molecular flexibility index (Phi) is 3.15. The Morgan fingerprint density at radius 3 is 2.90 bits per heavy atom. The number of hydrogen-bond donors (Lipinski definition) is 2. The van der Waals surface area contributed by atoms with Crippen LogP contribution >= 0.6 is 12.6 Å². The standard InChI is InChI=1S/C15H17N3O2S/c19-15(17-13-5-9-1-3-18(13)4-2-9)11-7-12-10(8-16-11)6-14(21)20-12/h6-9,13,21H,1-5H2,(H,17,19). The van der Waals surface area contributed by atoms with Crippen LogP contribution in [0.15, 0.2) is 27.8 Å². The van der Waals surface area contributed by atoms with Crippen molar-refractivity contribution in [2.75, 3.05) is 13.1 Å². The maximum atomic E-state index is 12.4. The molecule has 1 atom stereocenters. The summed E-state index contributed by atoms with van der Waals surface area (Å²) >= 11 is 4.16. The number of nitrogens with one attached hydrogen (secondary N) is 1. The first kappa shape index (κ1) is 13.2. The first-order valence-corrected chi connectivity index (χ1v) is 7.77. The van der Waals surface area contributed by atoms with Crippen molar-refractivity contribution in [2.24, 2.45) is 5.92 Å². The van der Waals surface area contributed by atoms with E-state index in [1.54, 1.807) is 18.3 Å². The molecule has 110 valence electrons. The first-order valence-electron chi connectivity index (χ1n) is 7.32. The maximum absolute atomic E-state index is 12.4. The summed E-state index contributed by atoms with van der Waals surface area (Å²) in [7, 11) is 0. The van der Waals surface area contributed by atoms with Gasteiger partial charge in [-0.3, -0.25) is 14.7 Å². The summed E-state index contributed by atoms with van der Waals surface area (Å²) in [6, 6.07) is 3.47. The quantitative estimate of drug-likeness (QED) is 0.836. The molecule has 1 N–H and O–H groups in total. The van der Waals surface area contributed by atoms with Gasteiger partial charge in [0.15, 0.2) is 5.09 Å². The van der Waals surface area contributed by atoms with E-state index in [0.29, 0.717) is 16.4 Å². The summed E-state index contributed by atoms with van der Waals surface area (Å²) in [6.45, 7) is 2.17. The Balaban J connectivity index is 1.53. The number of pyridine rings is 1. The van der Waals surface area contributed by atoms with Crippen LogP contribution in [0.3, 0.4) is 0 Å². The van der Waals surface area contributed by atoms with Crippen molar-refractivity contribution in [3.8, 4) is 0 Å². The third-order valence-electron chi connectivity index (χ3n) is 4.57. The smallest absolute Gasteiger partial charge is 0.271 e. The third kappa shape index (κ3) is 2.42. The molecule has 0 aliphatic carbocycles. The highest BCUT2D eigenvalue weighted by atomic mass is 32.1. The van der Waals surface area contributed by atoms with Crippen molar-refractivity contribution in [3.05, 3.63) is 24.0 Å². The number of nitrogens with zero attached hydrogens (tertiary/aromatic N) is 2. The lowest BCUT2D eigenvalue weighted by Crippen LogP contribution is -2.56. The van der Waals surface area contributed by atoms with Crippen molar-refractivity contribution in [1.82, 2.24) is 15.2 Å². The largest absolute Gasteiger partial charge is 0.450 e. The molecular weight excluding hydrogens is 286 g/mol. The minimum absolute atomic E-state index is 0.133. The normalized spacial score (nSPS) is 28.0. The van der Waals surface area contributed by atoms with Crippen molar-refractivity contribution in [3.63, 3.8) is 0 Å². The zero-order valence-corrected chi connectivity index (χ0v) is 12.5. The summed E-state index contributed by atoms with van der Waals surface area (Å²) < 4.78 is 5.43. The van der Waals surface area contributed by atoms with Gasteiger partial charge in [0.25, 0.3) is 5.91 Å². The van der Waals surface area contributed by atoms with Gasteiger partial charge >= 0.3 is 0 Å². The number of carbonyl (C=O) groups is 1. The molecule has 3 aliphatic heterocycles. The highest BCUT2D eigenvalue weighted by molar-refractivity contribution is 7.80. The van der Waals surface area contributed by atoms with E-state index in [2.05, 4.69) is 27.8 Å². The molecule has 2 bridgehead atoms. The molecule has 6 heteroatoms. The Bertz CT molecular complexity index is 691. The third-order valence-corrected chi connectivity index (χ3v) is 4.79. The number of fused-ring (bicyclic) bond motifs is 4. The SMILES string of the molecule is O=C(NC1CC2CCN1CC2)c1cc2oc(S)cc2cn1. The zero-order chi connectivity index (χ0) is 14.4. The molecule has 0 spiro atoms. The van der Waals surface area contributed by atoms with Gasteiger partial charge in [0.2, 0.25) is 0 Å². The van der Waals surface area contributed by atoms with Crippen LogP contribution in [-0.2, 0) is 0 Å². The minimum Gasteiger partial charge on any atom is -0.450 e. The van der Waals surface area contributed by atoms with Gasteiger partial charge in [-0.15, -0.1) is 12.6 Å². The van der Waals surface area contributed by atoms with Crippen molar-refractivity contribution in [2.45, 2.75) is 30.5 Å². The van der Waals surface area contributed by atoms with Crippen LogP contribution < -0.4 is 5.32 Å². The molecule has 5 nitrogen and oxygen atoms in total. The fourth-order valence-corrected chi connectivity index (χ4v) is 3.62. The second kappa shape index (κ2) is 5.03. The van der Waals surface area contributed by atoms with E-state index in [1.807, 2.05) is 0 Å². The van der Waals surface area contributed by atoms with E-state index in [1.165, 1.54) is 12.8 Å². The van der Waals surface area contributed by atoms with E-state index in [-0.39, 0.29) is 12.1 Å². The van der Waals surface area contributed by atoms with Gasteiger partial charge in [-0.05, 0) is 31.2 Å². The van der Waals surface area contributed by atoms with Crippen LogP contribution in [0.2, 0.25) is 0 Å². The Morgan fingerprint density at radius 1 is 1.38 bits per heavy atom. The van der Waals surface area contributed by atoms with Gasteiger partial charge in [-0.2, -0.15) is 0 Å². The summed E-state index contributed by atoms with van der Waals surface area (Å²) in [4.78, 5) is 19.0. The zero-order valence-electron chi connectivity index (χ0n) is 11.6. The van der Waals surface area contributed by atoms with Crippen LogP contribution in [0.1, 0.15) is 29.8 Å². The summed E-state index contributed by atoms with van der Waals surface area (Å²) in [5.74, 6) is 0.624. The summed E-state index contributed by atoms with van der Waals surface area (Å²) in [5, 5.41) is 4.49. The molecule has 1 amide bonds. The van der Waals surface area contributed by atoms with E-state index in [9.17, 15) is 4.79 Å². The molecule has 0 aromatic carbocycles. The summed E-state index contributed by atoms with van der Waals surface area (Å²) in [5.41, 5.74) is 1.04. The molecular formula is C15H17N3O2S. The number of rotatable bonds is 2. The van der Waals surface area contributed by atoms with Gasteiger partial charge in [0.05, 0.1) is 6.17 Å². The lowest BCUT2D eigenvalue weighted by Gasteiger charge is -2.45. The van der Waals surface area contributed by atoms with Gasteiger partial charge in [-0.25, -0.2) is 0 Å². The van der Waals surface area contributed by atoms with Crippen LogP contribution in [0.4, 0.5) is 0 Å². The summed E-state index contributed by atoms with van der Waals surface area (Å²) in [6.07, 6.45) is 5.37. The van der Waals surface area contributed by atoms with Gasteiger partial charge in [0.1, 0.15) is 11.3 Å². The molecule has 5 heterocycles. The van der Waals surface area contributed by atoms with Crippen LogP contribution in [0.25, 0.3) is 11.0 Å². The lowest BCUT2D eigenvalue weighted by molar-refractivity contribution is 0.0293. The highest BCUT2D eigenvalue weighted by Gasteiger charge is 2.34. The predicted molar refractivity (Wildman–Crippen MR) is 81.4 cm³/mol. The van der Waals surface area contributed by atoms with E-state index >= 15 is 0 Å². The predicted octanol–water partition coefficient (Wildman–Crippen LogP) is 2.29. The Morgan fingerprint density at radius 2 is 2.19 bits per heavy atom. The molecule has 21 heavy (non-hydrogen) atoms. The average Bonchev–Trinajstić information content (AvgIpc) is 2.87. The van der Waals surface area contributed by atoms with Crippen LogP contribution in [0, 0.1) is 5.92 Å². The number of piperidine rings is 3. The van der Waals surface area contributed by atoms with Crippen molar-refractivity contribution in [1.29, 1.82) is 0 Å². The number of thiol groups is 1. The average molecular weight is 303 g/mol. The molecule has 3 aliphatic rings. The van der Waals surface area contributed by atoms with Gasteiger partial charge in [-0.1, -0.05) is 0 Å². The number of amides is 1. The minimum atomic E-state index is -0.133. The molecule has 5 rings (SSSR count). The molecule has 2 aromatic rings. The monoisotopic (exact) mass is 303 g/mol. The second-order valence-corrected chi connectivity index (χ2v) is 6.34. The fraction of sp³-hybridized carbons (Fsp3) is 0.467. The highest BCUT2D eigenvalue weighted by Crippen LogP contribution is 2.30. The molecule has 0 saturated carbocycles. The fourth-order valence-electron chi connectivity index (χ4n) is 3.38. The topological polar surface area (TPSA) is 58.4 Å². The Labute approximate surface area is 128 Å². The molecule has 3 fully saturated rings. The van der Waals surface area contributed by atoms with Gasteiger partial charge < -0.3 is 9.73 Å². The van der Waals surface area contributed by atoms with Crippen molar-refractivity contribution < 1.29 is 9.21 Å². The second-order valence-electron chi connectivity index (χ2n) is 5.90. The molecule has 3 saturated heterocycles. The lowest BCUT2D eigenvalue weighted by atomic mass is 9.86. The first-order chi connectivity index (χ1) is 10.2.